The summed E-state index contributed by atoms with van der Waals surface area (Å²) in [4.78, 5) is 0. The van der Waals surface area contributed by atoms with Gasteiger partial charge in [-0.3, -0.25) is 0 Å². The van der Waals surface area contributed by atoms with Crippen molar-refractivity contribution < 1.29 is 4.42 Å². The van der Waals surface area contributed by atoms with Crippen molar-refractivity contribution >= 4 is 34.1 Å². The van der Waals surface area contributed by atoms with Crippen LogP contribution in [0.2, 0.25) is 0 Å². The third kappa shape index (κ3) is 10.7. The van der Waals surface area contributed by atoms with E-state index < -0.39 is 0 Å². The lowest BCUT2D eigenvalue weighted by molar-refractivity contribution is 0.108. The average Bonchev–Trinajstić information content (AvgIpc) is 2.43. The number of hydrogen-bond acceptors (Lipinski definition) is 1. The molecule has 4 atom stereocenters. The van der Waals surface area contributed by atoms with Crippen molar-refractivity contribution in [3.63, 3.8) is 0 Å². The largest absolute Gasteiger partial charge is 0.461 e. The molecule has 81 heavy (non-hydrogen) atoms. The van der Waals surface area contributed by atoms with Gasteiger partial charge < -0.3 is 4.42 Å². The summed E-state index contributed by atoms with van der Waals surface area (Å²) in [5.41, 5.74) is 27.1. The van der Waals surface area contributed by atoms with Crippen molar-refractivity contribution in [2.75, 3.05) is 0 Å². The minimum atomic E-state index is -0.0822. The van der Waals surface area contributed by atoms with Crippen LogP contribution in [0, 0.1) is 33.1 Å². The van der Waals surface area contributed by atoms with E-state index in [1.807, 2.05) is 0 Å². The Kier molecular flexibility index (Phi) is 14.6. The Morgan fingerprint density at radius 2 is 0.963 bits per heavy atom. The van der Waals surface area contributed by atoms with Gasteiger partial charge in [0.2, 0.25) is 6.71 Å². The van der Waals surface area contributed by atoms with Crippen LogP contribution in [-0.4, -0.2) is 6.71 Å². The fourth-order valence-corrected chi connectivity index (χ4v) is 15.5. The van der Waals surface area contributed by atoms with Crippen molar-refractivity contribution in [1.82, 2.24) is 0 Å². The molecule has 0 amide bonds. The first-order valence-corrected chi connectivity index (χ1v) is 31.6. The molecule has 0 spiro atoms. The van der Waals surface area contributed by atoms with Crippen molar-refractivity contribution in [3.8, 4) is 0 Å². The Morgan fingerprint density at radius 3 is 1.49 bits per heavy atom. The zero-order valence-corrected chi connectivity index (χ0v) is 55.0. The Morgan fingerprint density at radius 1 is 0.457 bits per heavy atom. The summed E-state index contributed by atoms with van der Waals surface area (Å²) in [5.74, 6) is 2.24. The maximum atomic E-state index is 7.64. The number of aryl methyl sites for hydroxylation is 3. The normalized spacial score (nSPS) is 21.7. The van der Waals surface area contributed by atoms with Crippen LogP contribution >= 0.6 is 0 Å². The molecule has 10 rings (SSSR count). The van der Waals surface area contributed by atoms with Gasteiger partial charge in [-0.05, 0) is 199 Å². The third-order valence-corrected chi connectivity index (χ3v) is 21.7. The summed E-state index contributed by atoms with van der Waals surface area (Å²) in [5, 5.41) is 1.29. The van der Waals surface area contributed by atoms with Gasteiger partial charge in [0.15, 0.2) is 0 Å². The Labute approximate surface area is 493 Å². The minimum Gasteiger partial charge on any atom is -0.461 e. The van der Waals surface area contributed by atoms with Crippen LogP contribution in [-0.2, 0) is 44.3 Å². The molecule has 1 heterocycles. The highest BCUT2D eigenvalue weighted by atomic mass is 16.3. The number of benzene rings is 6. The zero-order chi connectivity index (χ0) is 59.1. The Balaban J connectivity index is 1.26. The quantitative estimate of drug-likeness (QED) is 0.131. The molecule has 428 valence electrons. The third-order valence-electron chi connectivity index (χ3n) is 21.7. The van der Waals surface area contributed by atoms with Crippen LogP contribution in [0.4, 0.5) is 0 Å². The average molecular weight is 1080 g/mol. The smallest absolute Gasteiger partial charge is 0.247 e. The van der Waals surface area contributed by atoms with Crippen LogP contribution in [0.15, 0.2) is 108 Å². The molecular formula is C79H103BO. The maximum absolute atomic E-state index is 7.64. The fourth-order valence-electron chi connectivity index (χ4n) is 15.5. The highest BCUT2D eigenvalue weighted by Crippen LogP contribution is 2.67. The number of fused-ring (bicyclic) bond motifs is 2. The summed E-state index contributed by atoms with van der Waals surface area (Å²) in [6.07, 6.45) is 8.06. The second-order valence-electron chi connectivity index (χ2n) is 32.9. The monoisotopic (exact) mass is 1080 g/mol. The van der Waals surface area contributed by atoms with Gasteiger partial charge in [0.1, 0.15) is 11.3 Å². The molecule has 7 aromatic rings. The van der Waals surface area contributed by atoms with Gasteiger partial charge in [-0.1, -0.05) is 263 Å². The lowest BCUT2D eigenvalue weighted by Gasteiger charge is -2.50. The van der Waals surface area contributed by atoms with E-state index in [1.54, 1.807) is 5.56 Å². The lowest BCUT2D eigenvalue weighted by Crippen LogP contribution is -2.57. The van der Waals surface area contributed by atoms with Crippen molar-refractivity contribution in [2.24, 2.45) is 5.41 Å². The highest BCUT2D eigenvalue weighted by Gasteiger charge is 2.54. The van der Waals surface area contributed by atoms with E-state index in [2.05, 4.69) is 262 Å². The predicted molar refractivity (Wildman–Crippen MR) is 353 cm³/mol. The second-order valence-corrected chi connectivity index (χ2v) is 32.9. The fraction of sp³-hybridized carbons (Fsp3) is 0.519. The summed E-state index contributed by atoms with van der Waals surface area (Å²) in [6, 6.07) is 42.3. The highest BCUT2D eigenvalue weighted by molar-refractivity contribution is 6.98. The van der Waals surface area contributed by atoms with Crippen molar-refractivity contribution in [3.05, 3.63) is 192 Å². The summed E-state index contributed by atoms with van der Waals surface area (Å²) in [6.45, 7) is 55.7. The van der Waals surface area contributed by atoms with Crippen LogP contribution in [0.3, 0.4) is 0 Å². The second kappa shape index (κ2) is 20.0. The predicted octanol–water partition coefficient (Wildman–Crippen LogP) is 19.8. The van der Waals surface area contributed by atoms with Gasteiger partial charge in [-0.25, -0.2) is 0 Å². The molecule has 3 aliphatic carbocycles. The lowest BCUT2D eigenvalue weighted by atomic mass is 9.33. The molecule has 3 aliphatic rings. The first kappa shape index (κ1) is 59.1. The molecule has 0 bridgehead atoms. The van der Waals surface area contributed by atoms with Crippen LogP contribution in [0.5, 0.6) is 0 Å². The van der Waals surface area contributed by atoms with E-state index in [0.29, 0.717) is 17.8 Å². The summed E-state index contributed by atoms with van der Waals surface area (Å²) < 4.78 is 7.64. The molecule has 0 aliphatic heterocycles. The van der Waals surface area contributed by atoms with E-state index in [-0.39, 0.29) is 50.0 Å². The molecular weight excluding hydrogens is 976 g/mol. The maximum Gasteiger partial charge on any atom is 0.247 e. The van der Waals surface area contributed by atoms with E-state index in [1.165, 1.54) is 125 Å². The van der Waals surface area contributed by atoms with Gasteiger partial charge in [0.25, 0.3) is 0 Å². The Bertz CT molecular complexity index is 3500. The molecule has 1 aromatic heterocycles. The van der Waals surface area contributed by atoms with Crippen LogP contribution < -0.4 is 16.4 Å². The Hall–Kier alpha value is -5.08. The van der Waals surface area contributed by atoms with Gasteiger partial charge in [-0.2, -0.15) is 0 Å². The molecule has 2 fully saturated rings. The van der Waals surface area contributed by atoms with Crippen molar-refractivity contribution in [2.45, 2.75) is 260 Å². The molecule has 0 N–H and O–H groups in total. The molecule has 2 saturated carbocycles. The number of furan rings is 1. The topological polar surface area (TPSA) is 13.1 Å². The molecule has 0 saturated heterocycles. The van der Waals surface area contributed by atoms with Gasteiger partial charge in [0.05, 0.1) is 0 Å². The van der Waals surface area contributed by atoms with E-state index >= 15 is 0 Å². The van der Waals surface area contributed by atoms with Crippen molar-refractivity contribution in [1.29, 1.82) is 0 Å². The SMILES string of the molecule is Cc1cc(C(C)(C)C)ccc1C1C(c2ccc(C(C)(C)C)cc2)C1c1cc(C)c(B(c2cc(C(C)(C)C)cc(C3(C)CCCCC3(C)C)c2C)c2c(Cc3ccc(C(C)(C)C)cc3)oc3cc4c(cc23)C(C)(C)CCC4(C)C)c(C)c1. The molecule has 0 radical (unpaired) electrons. The first-order valence-electron chi connectivity index (χ1n) is 31.6. The minimum absolute atomic E-state index is 0.0128. The number of hydrogen-bond donors (Lipinski definition) is 0. The molecule has 6 aromatic carbocycles. The van der Waals surface area contributed by atoms with E-state index in [4.69, 9.17) is 4.42 Å². The number of rotatable bonds is 9. The summed E-state index contributed by atoms with van der Waals surface area (Å²) in [7, 11) is 0. The van der Waals surface area contributed by atoms with Gasteiger partial charge in [-0.15, -0.1) is 0 Å². The molecule has 4 unspecified atom stereocenters. The summed E-state index contributed by atoms with van der Waals surface area (Å²) >= 11 is 0. The van der Waals surface area contributed by atoms with Gasteiger partial charge in [0, 0.05) is 11.8 Å². The van der Waals surface area contributed by atoms with Gasteiger partial charge >= 0.3 is 0 Å². The van der Waals surface area contributed by atoms with E-state index in [0.717, 1.165) is 30.6 Å². The van der Waals surface area contributed by atoms with Crippen LogP contribution in [0.25, 0.3) is 11.0 Å². The standard InChI is InChI=1S/C79H103BO/c1-48-42-57(74(11,12)13)34-35-59(48)69-67(53-28-32-56(33-29-53)73(8,9)10)68(69)54-40-49(2)70(50(3)41-54)80(64-45-58(75(14,15)16)44-61(51(64)4)79(23)37-25-24-36-78(79,21)22)71-60-46-62-63(77(19,20)39-38-76(62,17)18)47-65(60)81-66(71)43-52-26-30-55(31-27-52)72(5,6)7/h26-35,40-42,44-47,67-69H,24-25,36-39,43H2,1-23H3. The molecule has 1 nitrogen and oxygen atoms in total. The first-order chi connectivity index (χ1) is 37.4. The van der Waals surface area contributed by atoms with Crippen LogP contribution in [0.1, 0.15) is 277 Å². The zero-order valence-electron chi connectivity index (χ0n) is 55.0. The molecule has 2 heteroatoms. The van der Waals surface area contributed by atoms with E-state index in [9.17, 15) is 0 Å².